The van der Waals surface area contributed by atoms with E-state index in [2.05, 4.69) is 22.3 Å². The van der Waals surface area contributed by atoms with Crippen LogP contribution in [0.25, 0.3) is 0 Å². The fourth-order valence-corrected chi connectivity index (χ4v) is 3.05. The van der Waals surface area contributed by atoms with Crippen LogP contribution >= 0.6 is 0 Å². The van der Waals surface area contributed by atoms with E-state index in [4.69, 9.17) is 9.47 Å². The highest BCUT2D eigenvalue weighted by Crippen LogP contribution is 2.30. The second-order valence-corrected chi connectivity index (χ2v) is 6.14. The number of nitrogens with zero attached hydrogens (tertiary/aromatic N) is 1. The van der Waals surface area contributed by atoms with Gasteiger partial charge >= 0.3 is 0 Å². The Hall–Kier alpha value is -2.69. The number of amides is 1. The molecule has 0 radical (unpaired) electrons. The van der Waals surface area contributed by atoms with E-state index in [0.717, 1.165) is 13.1 Å². The molecular formula is C19H20N2O3. The van der Waals surface area contributed by atoms with Crippen LogP contribution in [-0.2, 0) is 4.79 Å². The Morgan fingerprint density at radius 3 is 2.50 bits per heavy atom. The van der Waals surface area contributed by atoms with E-state index in [0.29, 0.717) is 24.5 Å². The first-order valence-electron chi connectivity index (χ1n) is 8.28. The normalized spacial score (nSPS) is 20.0. The number of nitrogens with one attached hydrogen (secondary N) is 1. The molecule has 2 aromatic rings. The van der Waals surface area contributed by atoms with Gasteiger partial charge in [-0.1, -0.05) is 30.3 Å². The molecule has 4 rings (SSSR count). The van der Waals surface area contributed by atoms with E-state index in [9.17, 15) is 4.79 Å². The van der Waals surface area contributed by atoms with Gasteiger partial charge < -0.3 is 19.7 Å². The molecule has 0 spiro atoms. The maximum absolute atomic E-state index is 12.5. The minimum atomic E-state index is -0.501. The number of carbonyl (C=O) groups is 1. The van der Waals surface area contributed by atoms with E-state index in [-0.39, 0.29) is 11.9 Å². The van der Waals surface area contributed by atoms with Crippen molar-refractivity contribution in [3.05, 3.63) is 54.6 Å². The molecule has 124 valence electrons. The molecule has 0 saturated carbocycles. The zero-order chi connectivity index (χ0) is 16.4. The van der Waals surface area contributed by atoms with Crippen LogP contribution in [0.4, 0.5) is 5.69 Å². The van der Waals surface area contributed by atoms with E-state index in [1.54, 1.807) is 0 Å². The topological polar surface area (TPSA) is 50.8 Å². The zero-order valence-electron chi connectivity index (χ0n) is 13.4. The molecule has 2 aliphatic heterocycles. The maximum Gasteiger partial charge on any atom is 0.261 e. The van der Waals surface area contributed by atoms with Gasteiger partial charge in [0.1, 0.15) is 0 Å². The van der Waals surface area contributed by atoms with Crippen molar-refractivity contribution < 1.29 is 14.3 Å². The van der Waals surface area contributed by atoms with Crippen molar-refractivity contribution in [2.24, 2.45) is 0 Å². The van der Waals surface area contributed by atoms with Crippen molar-refractivity contribution in [3.63, 3.8) is 0 Å². The van der Waals surface area contributed by atoms with Crippen LogP contribution < -0.4 is 19.7 Å². The zero-order valence-corrected chi connectivity index (χ0v) is 13.4. The molecule has 1 saturated heterocycles. The number of anilines is 1. The van der Waals surface area contributed by atoms with Gasteiger partial charge in [-0.05, 0) is 24.3 Å². The number of hydrogen-bond acceptors (Lipinski definition) is 4. The van der Waals surface area contributed by atoms with E-state index in [1.165, 1.54) is 5.69 Å². The lowest BCUT2D eigenvalue weighted by Gasteiger charge is -2.41. The van der Waals surface area contributed by atoms with E-state index < -0.39 is 6.10 Å². The molecule has 0 aliphatic carbocycles. The third-order valence-electron chi connectivity index (χ3n) is 4.40. The smallest absolute Gasteiger partial charge is 0.261 e. The summed E-state index contributed by atoms with van der Waals surface area (Å²) in [6, 6.07) is 17.9. The number of para-hydroxylation sites is 3. The summed E-state index contributed by atoms with van der Waals surface area (Å²) in [5, 5.41) is 3.08. The molecule has 1 amide bonds. The van der Waals surface area contributed by atoms with Gasteiger partial charge in [-0.25, -0.2) is 0 Å². The molecule has 1 unspecified atom stereocenters. The summed E-state index contributed by atoms with van der Waals surface area (Å²) in [6.45, 7) is 2.14. The Kier molecular flexibility index (Phi) is 3.99. The standard InChI is InChI=1S/C19H20N2O3/c22-19(18-10-11-23-16-8-4-5-9-17(16)24-18)20-14-12-21(13-14)15-6-2-1-3-7-15/h1-9,14,18H,10-13H2,(H,20,22). The van der Waals surface area contributed by atoms with Crippen molar-refractivity contribution in [2.45, 2.75) is 18.6 Å². The summed E-state index contributed by atoms with van der Waals surface area (Å²) in [5.74, 6) is 1.27. The van der Waals surface area contributed by atoms with Gasteiger partial charge in [0.25, 0.3) is 5.91 Å². The maximum atomic E-state index is 12.5. The van der Waals surface area contributed by atoms with Crippen molar-refractivity contribution in [1.82, 2.24) is 5.32 Å². The van der Waals surface area contributed by atoms with Gasteiger partial charge in [0.2, 0.25) is 0 Å². The van der Waals surface area contributed by atoms with Crippen molar-refractivity contribution in [2.75, 3.05) is 24.6 Å². The van der Waals surface area contributed by atoms with Crippen LogP contribution in [0.1, 0.15) is 6.42 Å². The predicted octanol–water partition coefficient (Wildman–Crippen LogP) is 2.22. The Morgan fingerprint density at radius 1 is 1.00 bits per heavy atom. The monoisotopic (exact) mass is 324 g/mol. The van der Waals surface area contributed by atoms with Crippen LogP contribution in [0.3, 0.4) is 0 Å². The molecule has 2 heterocycles. The van der Waals surface area contributed by atoms with Gasteiger partial charge in [-0.15, -0.1) is 0 Å². The summed E-state index contributed by atoms with van der Waals surface area (Å²) in [4.78, 5) is 14.7. The summed E-state index contributed by atoms with van der Waals surface area (Å²) < 4.78 is 11.5. The number of benzene rings is 2. The van der Waals surface area contributed by atoms with Crippen LogP contribution in [0.2, 0.25) is 0 Å². The Bertz CT molecular complexity index is 714. The predicted molar refractivity (Wildman–Crippen MR) is 91.6 cm³/mol. The molecule has 0 aromatic heterocycles. The lowest BCUT2D eigenvalue weighted by atomic mass is 10.1. The molecule has 5 nitrogen and oxygen atoms in total. The molecule has 1 N–H and O–H groups in total. The van der Waals surface area contributed by atoms with Gasteiger partial charge in [0, 0.05) is 25.2 Å². The Labute approximate surface area is 141 Å². The molecule has 2 aliphatic rings. The highest BCUT2D eigenvalue weighted by molar-refractivity contribution is 5.82. The summed E-state index contributed by atoms with van der Waals surface area (Å²) >= 11 is 0. The van der Waals surface area contributed by atoms with Crippen LogP contribution in [0.5, 0.6) is 11.5 Å². The first-order chi connectivity index (χ1) is 11.8. The van der Waals surface area contributed by atoms with Crippen LogP contribution in [0.15, 0.2) is 54.6 Å². The van der Waals surface area contributed by atoms with E-state index in [1.807, 2.05) is 42.5 Å². The first kappa shape index (κ1) is 14.9. The largest absolute Gasteiger partial charge is 0.490 e. The molecule has 1 fully saturated rings. The van der Waals surface area contributed by atoms with Crippen LogP contribution in [-0.4, -0.2) is 37.7 Å². The second kappa shape index (κ2) is 6.43. The fraction of sp³-hybridized carbons (Fsp3) is 0.316. The van der Waals surface area contributed by atoms with Crippen molar-refractivity contribution in [1.29, 1.82) is 0 Å². The summed E-state index contributed by atoms with van der Waals surface area (Å²) in [6.07, 6.45) is 0.0507. The molecule has 5 heteroatoms. The average molecular weight is 324 g/mol. The molecule has 1 atom stereocenters. The SMILES string of the molecule is O=C(NC1CN(c2ccccc2)C1)C1CCOc2ccccc2O1. The minimum Gasteiger partial charge on any atom is -0.490 e. The van der Waals surface area contributed by atoms with Crippen LogP contribution in [0, 0.1) is 0 Å². The third-order valence-corrected chi connectivity index (χ3v) is 4.40. The molecular weight excluding hydrogens is 304 g/mol. The second-order valence-electron chi connectivity index (χ2n) is 6.14. The fourth-order valence-electron chi connectivity index (χ4n) is 3.05. The Morgan fingerprint density at radius 2 is 1.71 bits per heavy atom. The highest BCUT2D eigenvalue weighted by Gasteiger charge is 2.32. The lowest BCUT2D eigenvalue weighted by Crippen LogP contribution is -2.61. The number of hydrogen-bond donors (Lipinski definition) is 1. The highest BCUT2D eigenvalue weighted by atomic mass is 16.5. The van der Waals surface area contributed by atoms with E-state index >= 15 is 0 Å². The average Bonchev–Trinajstić information content (AvgIpc) is 2.80. The van der Waals surface area contributed by atoms with Gasteiger partial charge in [0.05, 0.1) is 12.6 Å². The number of fused-ring (bicyclic) bond motifs is 1. The quantitative estimate of drug-likeness (QED) is 0.941. The van der Waals surface area contributed by atoms with Gasteiger partial charge in [-0.3, -0.25) is 4.79 Å². The molecule has 2 aromatic carbocycles. The molecule has 0 bridgehead atoms. The number of carbonyl (C=O) groups excluding carboxylic acids is 1. The Balaban J connectivity index is 1.33. The lowest BCUT2D eigenvalue weighted by molar-refractivity contribution is -0.129. The van der Waals surface area contributed by atoms with Gasteiger partial charge in [0.15, 0.2) is 17.6 Å². The van der Waals surface area contributed by atoms with Crippen molar-refractivity contribution >= 4 is 11.6 Å². The third kappa shape index (κ3) is 3.02. The van der Waals surface area contributed by atoms with Gasteiger partial charge in [-0.2, -0.15) is 0 Å². The number of ether oxygens (including phenoxy) is 2. The summed E-state index contributed by atoms with van der Waals surface area (Å²) in [5.41, 5.74) is 1.19. The van der Waals surface area contributed by atoms with Crippen molar-refractivity contribution in [3.8, 4) is 11.5 Å². The first-order valence-corrected chi connectivity index (χ1v) is 8.28. The minimum absolute atomic E-state index is 0.0620. The molecule has 24 heavy (non-hydrogen) atoms. The number of rotatable bonds is 3. The summed E-state index contributed by atoms with van der Waals surface area (Å²) in [7, 11) is 0.